The first kappa shape index (κ1) is 18.7. The lowest BCUT2D eigenvalue weighted by Crippen LogP contribution is -2.15. The fraction of sp³-hybridized carbons (Fsp3) is 0.556. The van der Waals surface area contributed by atoms with Crippen molar-refractivity contribution in [3.8, 4) is 0 Å². The molecule has 1 atom stereocenters. The lowest BCUT2D eigenvalue weighted by atomic mass is 9.97. The first-order valence-corrected chi connectivity index (χ1v) is 8.33. The molecule has 1 aliphatic rings. The Hall–Kier alpha value is -1.59. The Balaban J connectivity index is 0.00000208. The molecule has 2 N–H and O–H groups in total. The Morgan fingerprint density at radius 2 is 2.21 bits per heavy atom. The highest BCUT2D eigenvalue weighted by molar-refractivity contribution is 5.92. The van der Waals surface area contributed by atoms with Gasteiger partial charge in [0, 0.05) is 17.5 Å². The van der Waals surface area contributed by atoms with E-state index in [0.717, 1.165) is 36.3 Å². The van der Waals surface area contributed by atoms with Crippen LogP contribution >= 0.6 is 12.4 Å². The highest BCUT2D eigenvalue weighted by Gasteiger charge is 2.21. The number of hydrogen-bond donors (Lipinski definition) is 2. The van der Waals surface area contributed by atoms with Crippen molar-refractivity contribution in [2.24, 2.45) is 5.92 Å². The molecule has 5 nitrogen and oxygen atoms in total. The zero-order valence-electron chi connectivity index (χ0n) is 14.5. The third-order valence-electron chi connectivity index (χ3n) is 4.25. The minimum Gasteiger partial charge on any atom is -0.440 e. The van der Waals surface area contributed by atoms with Crippen LogP contribution < -0.4 is 10.6 Å². The third-order valence-corrected chi connectivity index (χ3v) is 4.25. The molecule has 0 saturated carbocycles. The number of nitrogens with zero attached hydrogens (tertiary/aromatic N) is 1. The van der Waals surface area contributed by atoms with Crippen LogP contribution in [0.4, 0.5) is 5.69 Å². The van der Waals surface area contributed by atoms with E-state index in [1.54, 1.807) is 0 Å². The molecule has 0 spiro atoms. The fourth-order valence-electron chi connectivity index (χ4n) is 2.85. The Bertz CT molecular complexity index is 700. The average Bonchev–Trinajstić information content (AvgIpc) is 3.13. The second-order valence-corrected chi connectivity index (χ2v) is 7.40. The smallest absolute Gasteiger partial charge is 0.224 e. The number of oxazole rings is 1. The predicted octanol–water partition coefficient (Wildman–Crippen LogP) is 3.88. The maximum Gasteiger partial charge on any atom is 0.224 e. The van der Waals surface area contributed by atoms with Crippen LogP contribution in [0.1, 0.15) is 45.9 Å². The van der Waals surface area contributed by atoms with Gasteiger partial charge in [-0.2, -0.15) is 0 Å². The standard InChI is InChI=1S/C18H25N3O2.ClH/c1-18(2,3)17-21-14-10-13(5-6-15(14)23-17)20-16(22)7-4-12-8-9-19-11-12;/h5-6,10,12,19H,4,7-9,11H2,1-3H3,(H,20,22);1H. The number of carbonyl (C=O) groups excluding carboxylic acids is 1. The Kier molecular flexibility index (Phi) is 5.88. The summed E-state index contributed by atoms with van der Waals surface area (Å²) in [6.07, 6.45) is 2.68. The van der Waals surface area contributed by atoms with Gasteiger partial charge >= 0.3 is 0 Å². The second-order valence-electron chi connectivity index (χ2n) is 7.40. The van der Waals surface area contributed by atoms with Crippen LogP contribution in [0.5, 0.6) is 0 Å². The minimum atomic E-state index is -0.127. The summed E-state index contributed by atoms with van der Waals surface area (Å²) >= 11 is 0. The van der Waals surface area contributed by atoms with E-state index in [2.05, 4.69) is 36.4 Å². The van der Waals surface area contributed by atoms with E-state index >= 15 is 0 Å². The van der Waals surface area contributed by atoms with Crippen LogP contribution in [0.3, 0.4) is 0 Å². The predicted molar refractivity (Wildman–Crippen MR) is 98.8 cm³/mol. The normalized spacial score (nSPS) is 17.7. The van der Waals surface area contributed by atoms with Gasteiger partial charge in [0.2, 0.25) is 11.8 Å². The highest BCUT2D eigenvalue weighted by atomic mass is 35.5. The van der Waals surface area contributed by atoms with Gasteiger partial charge in [-0.3, -0.25) is 4.79 Å². The van der Waals surface area contributed by atoms with Crippen molar-refractivity contribution in [2.75, 3.05) is 18.4 Å². The summed E-state index contributed by atoms with van der Waals surface area (Å²) in [6, 6.07) is 5.62. The molecule has 1 unspecified atom stereocenters. The van der Waals surface area contributed by atoms with Crippen LogP contribution in [-0.4, -0.2) is 24.0 Å². The summed E-state index contributed by atoms with van der Waals surface area (Å²) in [6.45, 7) is 8.31. The SMILES string of the molecule is CC(C)(C)c1nc2cc(NC(=O)CCC3CCNC3)ccc2o1.Cl. The van der Waals surface area contributed by atoms with Gasteiger partial charge < -0.3 is 15.1 Å². The molecule has 1 aromatic heterocycles. The Labute approximate surface area is 149 Å². The molecule has 1 saturated heterocycles. The zero-order valence-corrected chi connectivity index (χ0v) is 15.3. The molecule has 2 aromatic rings. The minimum absolute atomic E-state index is 0. The lowest BCUT2D eigenvalue weighted by molar-refractivity contribution is -0.116. The summed E-state index contributed by atoms with van der Waals surface area (Å²) in [5, 5.41) is 6.29. The molecule has 132 valence electrons. The second kappa shape index (κ2) is 7.53. The fourth-order valence-corrected chi connectivity index (χ4v) is 2.85. The van der Waals surface area contributed by atoms with Crippen LogP contribution in [0.2, 0.25) is 0 Å². The van der Waals surface area contributed by atoms with Crippen LogP contribution in [0.25, 0.3) is 11.1 Å². The van der Waals surface area contributed by atoms with Crippen LogP contribution in [0, 0.1) is 5.92 Å². The molecule has 3 rings (SSSR count). The number of benzene rings is 1. The van der Waals surface area contributed by atoms with Gasteiger partial charge in [-0.15, -0.1) is 12.4 Å². The molecule has 24 heavy (non-hydrogen) atoms. The molecule has 1 amide bonds. The number of halogens is 1. The largest absolute Gasteiger partial charge is 0.440 e. The van der Waals surface area contributed by atoms with Gasteiger partial charge in [-0.25, -0.2) is 4.98 Å². The van der Waals surface area contributed by atoms with Crippen molar-refractivity contribution in [3.63, 3.8) is 0 Å². The van der Waals surface area contributed by atoms with Crippen molar-refractivity contribution < 1.29 is 9.21 Å². The molecule has 1 aliphatic heterocycles. The number of aromatic nitrogens is 1. The van der Waals surface area contributed by atoms with E-state index in [1.807, 2.05) is 18.2 Å². The zero-order chi connectivity index (χ0) is 16.4. The third kappa shape index (κ3) is 4.48. The molecule has 0 aliphatic carbocycles. The first-order chi connectivity index (χ1) is 10.9. The van der Waals surface area contributed by atoms with Crippen molar-refractivity contribution >= 4 is 35.1 Å². The van der Waals surface area contributed by atoms with Crippen LogP contribution in [0.15, 0.2) is 22.6 Å². The van der Waals surface area contributed by atoms with Crippen molar-refractivity contribution in [3.05, 3.63) is 24.1 Å². The molecule has 0 bridgehead atoms. The molecule has 1 aromatic carbocycles. The van der Waals surface area contributed by atoms with E-state index in [1.165, 1.54) is 6.42 Å². The summed E-state index contributed by atoms with van der Waals surface area (Å²) in [4.78, 5) is 16.6. The topological polar surface area (TPSA) is 67.2 Å². The van der Waals surface area contributed by atoms with Crippen molar-refractivity contribution in [1.82, 2.24) is 10.3 Å². The van der Waals surface area contributed by atoms with E-state index in [9.17, 15) is 4.79 Å². The van der Waals surface area contributed by atoms with Gasteiger partial charge in [0.1, 0.15) is 5.52 Å². The van der Waals surface area contributed by atoms with Gasteiger partial charge in [0.05, 0.1) is 0 Å². The summed E-state index contributed by atoms with van der Waals surface area (Å²) in [5.74, 6) is 1.41. The molecular formula is C18H26ClN3O2. The molecule has 2 heterocycles. The number of anilines is 1. The van der Waals surface area contributed by atoms with E-state index in [0.29, 0.717) is 18.2 Å². The number of amides is 1. The van der Waals surface area contributed by atoms with E-state index in [-0.39, 0.29) is 23.7 Å². The lowest BCUT2D eigenvalue weighted by Gasteiger charge is -2.11. The van der Waals surface area contributed by atoms with Crippen LogP contribution in [-0.2, 0) is 10.2 Å². The van der Waals surface area contributed by atoms with Gasteiger partial charge in [0.15, 0.2) is 5.58 Å². The van der Waals surface area contributed by atoms with Gasteiger partial charge in [-0.05, 0) is 50.0 Å². The molecule has 1 fully saturated rings. The average molecular weight is 352 g/mol. The molecular weight excluding hydrogens is 326 g/mol. The monoisotopic (exact) mass is 351 g/mol. The van der Waals surface area contributed by atoms with Gasteiger partial charge in [0.25, 0.3) is 0 Å². The molecule has 0 radical (unpaired) electrons. The maximum atomic E-state index is 12.1. The number of rotatable bonds is 4. The first-order valence-electron chi connectivity index (χ1n) is 8.33. The summed E-state index contributed by atoms with van der Waals surface area (Å²) < 4.78 is 5.78. The quantitative estimate of drug-likeness (QED) is 0.877. The molecule has 6 heteroatoms. The van der Waals surface area contributed by atoms with E-state index in [4.69, 9.17) is 4.42 Å². The number of nitrogens with one attached hydrogen (secondary N) is 2. The number of hydrogen-bond acceptors (Lipinski definition) is 4. The Morgan fingerprint density at radius 3 is 2.88 bits per heavy atom. The maximum absolute atomic E-state index is 12.1. The number of carbonyl (C=O) groups is 1. The van der Waals surface area contributed by atoms with E-state index < -0.39 is 0 Å². The van der Waals surface area contributed by atoms with Crippen molar-refractivity contribution in [2.45, 2.75) is 45.4 Å². The summed E-state index contributed by atoms with van der Waals surface area (Å²) in [7, 11) is 0. The number of fused-ring (bicyclic) bond motifs is 1. The summed E-state index contributed by atoms with van der Waals surface area (Å²) in [5.41, 5.74) is 2.19. The van der Waals surface area contributed by atoms with Gasteiger partial charge in [-0.1, -0.05) is 20.8 Å². The highest BCUT2D eigenvalue weighted by Crippen LogP contribution is 2.27. The van der Waals surface area contributed by atoms with Crippen molar-refractivity contribution in [1.29, 1.82) is 0 Å². The Morgan fingerprint density at radius 1 is 1.42 bits per heavy atom.